The first-order valence-corrected chi connectivity index (χ1v) is 7.84. The van der Waals surface area contributed by atoms with Gasteiger partial charge in [-0.25, -0.2) is 0 Å². The molecule has 0 bridgehead atoms. The number of nitrogens with zero attached hydrogens (tertiary/aromatic N) is 1. The van der Waals surface area contributed by atoms with Crippen LogP contribution in [0, 0.1) is 0 Å². The molecule has 0 saturated carbocycles. The van der Waals surface area contributed by atoms with Gasteiger partial charge in [0, 0.05) is 7.05 Å². The number of hydrogen-bond acceptors (Lipinski definition) is 3. The molecule has 134 valence electrons. The van der Waals surface area contributed by atoms with Gasteiger partial charge in [-0.05, 0) is 42.3 Å². The van der Waals surface area contributed by atoms with Crippen LogP contribution < -0.4 is 9.47 Å². The normalized spacial score (nSPS) is 11.9. The topological polar surface area (TPSA) is 38.8 Å². The Balaban J connectivity index is 1.98. The van der Waals surface area contributed by atoms with Crippen molar-refractivity contribution in [2.24, 2.45) is 0 Å². The smallest absolute Gasteiger partial charge is 0.387 e. The van der Waals surface area contributed by atoms with Crippen molar-refractivity contribution in [3.05, 3.63) is 59.7 Å². The molecule has 2 aromatic carbocycles. The van der Waals surface area contributed by atoms with Gasteiger partial charge < -0.3 is 14.4 Å². The van der Waals surface area contributed by atoms with Crippen LogP contribution in [0.15, 0.2) is 48.5 Å². The average Bonchev–Trinajstić information content (AvgIpc) is 2.61. The number of alkyl halides is 2. The zero-order valence-electron chi connectivity index (χ0n) is 14.4. The van der Waals surface area contributed by atoms with E-state index < -0.39 is 6.61 Å². The summed E-state index contributed by atoms with van der Waals surface area (Å²) < 4.78 is 33.7. The molecule has 0 aliphatic heterocycles. The fraction of sp³-hybridized carbons (Fsp3) is 0.316. The van der Waals surface area contributed by atoms with E-state index in [0.29, 0.717) is 0 Å². The number of methoxy groups -OCH3 is 1. The van der Waals surface area contributed by atoms with E-state index in [1.54, 1.807) is 31.2 Å². The van der Waals surface area contributed by atoms with E-state index in [2.05, 4.69) is 4.74 Å². The molecule has 1 unspecified atom stereocenters. The Labute approximate surface area is 146 Å². The molecule has 0 heterocycles. The van der Waals surface area contributed by atoms with Gasteiger partial charge >= 0.3 is 6.61 Å². The highest BCUT2D eigenvalue weighted by molar-refractivity contribution is 5.79. The number of ether oxygens (including phenoxy) is 2. The first kappa shape index (κ1) is 18.7. The maximum atomic E-state index is 12.5. The largest absolute Gasteiger partial charge is 0.497 e. The van der Waals surface area contributed by atoms with E-state index in [9.17, 15) is 13.6 Å². The van der Waals surface area contributed by atoms with E-state index in [-0.39, 0.29) is 24.1 Å². The summed E-state index contributed by atoms with van der Waals surface area (Å²) in [7, 11) is 3.34. The molecule has 0 fully saturated rings. The number of halogens is 2. The van der Waals surface area contributed by atoms with Crippen LogP contribution in [0.25, 0.3) is 0 Å². The standard InChI is InChI=1S/C19H21F2NO3/c1-13(15-6-10-16(24-3)11-7-15)22(2)18(23)12-14-4-8-17(9-5-14)25-19(20)21/h4-11,13,19H,12H2,1-3H3. The highest BCUT2D eigenvalue weighted by Crippen LogP contribution is 2.23. The van der Waals surface area contributed by atoms with Gasteiger partial charge in [0.2, 0.25) is 5.91 Å². The van der Waals surface area contributed by atoms with Crippen LogP contribution in [-0.2, 0) is 11.2 Å². The molecule has 0 saturated heterocycles. The Morgan fingerprint density at radius 1 is 1.04 bits per heavy atom. The zero-order chi connectivity index (χ0) is 18.4. The number of rotatable bonds is 7. The molecule has 0 N–H and O–H groups in total. The molecule has 25 heavy (non-hydrogen) atoms. The van der Waals surface area contributed by atoms with Crippen LogP contribution in [0.3, 0.4) is 0 Å². The molecule has 4 nitrogen and oxygen atoms in total. The fourth-order valence-corrected chi connectivity index (χ4v) is 2.41. The van der Waals surface area contributed by atoms with E-state index in [0.717, 1.165) is 16.9 Å². The minimum atomic E-state index is -2.86. The Hall–Kier alpha value is -2.63. The molecule has 2 aromatic rings. The Morgan fingerprint density at radius 3 is 2.12 bits per heavy atom. The van der Waals surface area contributed by atoms with Crippen LogP contribution in [0.5, 0.6) is 11.5 Å². The molecule has 0 spiro atoms. The second kappa shape index (κ2) is 8.46. The zero-order valence-corrected chi connectivity index (χ0v) is 14.4. The van der Waals surface area contributed by atoms with Crippen LogP contribution >= 0.6 is 0 Å². The van der Waals surface area contributed by atoms with E-state index in [4.69, 9.17) is 4.74 Å². The van der Waals surface area contributed by atoms with Crippen LogP contribution in [-0.4, -0.2) is 31.6 Å². The lowest BCUT2D eigenvalue weighted by Gasteiger charge is -2.25. The number of benzene rings is 2. The molecule has 0 aliphatic carbocycles. The number of likely N-dealkylation sites (N-methyl/N-ethyl adjacent to an activating group) is 1. The summed E-state index contributed by atoms with van der Waals surface area (Å²) in [6, 6.07) is 13.5. The Bertz CT molecular complexity index is 687. The predicted octanol–water partition coefficient (Wildman–Crippen LogP) is 4.06. The lowest BCUT2D eigenvalue weighted by molar-refractivity contribution is -0.131. The molecule has 1 atom stereocenters. The molecular weight excluding hydrogens is 328 g/mol. The molecule has 0 aromatic heterocycles. The Morgan fingerprint density at radius 2 is 1.60 bits per heavy atom. The van der Waals surface area contributed by atoms with Gasteiger partial charge in [0.15, 0.2) is 0 Å². The van der Waals surface area contributed by atoms with Gasteiger partial charge in [-0.3, -0.25) is 4.79 Å². The number of hydrogen-bond donors (Lipinski definition) is 0. The summed E-state index contributed by atoms with van der Waals surface area (Å²) in [6.45, 7) is -0.914. The summed E-state index contributed by atoms with van der Waals surface area (Å²) in [5.41, 5.74) is 1.73. The Kier molecular flexibility index (Phi) is 6.33. The molecular formula is C19H21F2NO3. The third kappa shape index (κ3) is 5.17. The number of amides is 1. The van der Waals surface area contributed by atoms with Crippen LogP contribution in [0.2, 0.25) is 0 Å². The third-order valence-electron chi connectivity index (χ3n) is 4.08. The lowest BCUT2D eigenvalue weighted by atomic mass is 10.1. The fourth-order valence-electron chi connectivity index (χ4n) is 2.41. The first-order chi connectivity index (χ1) is 11.9. The van der Waals surface area contributed by atoms with Crippen molar-refractivity contribution in [2.45, 2.75) is 26.0 Å². The number of carbonyl (C=O) groups excluding carboxylic acids is 1. The third-order valence-corrected chi connectivity index (χ3v) is 4.08. The minimum Gasteiger partial charge on any atom is -0.497 e. The molecule has 0 aliphatic rings. The summed E-state index contributed by atoms with van der Waals surface area (Å²) in [4.78, 5) is 14.1. The van der Waals surface area contributed by atoms with Gasteiger partial charge in [-0.15, -0.1) is 0 Å². The summed E-state index contributed by atoms with van der Waals surface area (Å²) >= 11 is 0. The average molecular weight is 349 g/mol. The highest BCUT2D eigenvalue weighted by Gasteiger charge is 2.18. The van der Waals surface area contributed by atoms with E-state index >= 15 is 0 Å². The minimum absolute atomic E-state index is 0.0640. The van der Waals surface area contributed by atoms with E-state index in [1.807, 2.05) is 31.2 Å². The van der Waals surface area contributed by atoms with Crippen molar-refractivity contribution >= 4 is 5.91 Å². The van der Waals surface area contributed by atoms with E-state index in [1.165, 1.54) is 12.1 Å². The van der Waals surface area contributed by atoms with Gasteiger partial charge in [0.1, 0.15) is 11.5 Å². The maximum absolute atomic E-state index is 12.5. The van der Waals surface area contributed by atoms with Crippen molar-refractivity contribution in [1.82, 2.24) is 4.90 Å². The quantitative estimate of drug-likeness (QED) is 0.757. The van der Waals surface area contributed by atoms with Gasteiger partial charge in [-0.1, -0.05) is 24.3 Å². The monoisotopic (exact) mass is 349 g/mol. The predicted molar refractivity (Wildman–Crippen MR) is 91.0 cm³/mol. The summed E-state index contributed by atoms with van der Waals surface area (Å²) in [5.74, 6) is 0.771. The van der Waals surface area contributed by atoms with Crippen LogP contribution in [0.4, 0.5) is 8.78 Å². The lowest BCUT2D eigenvalue weighted by Crippen LogP contribution is -2.30. The summed E-state index contributed by atoms with van der Waals surface area (Å²) in [6.07, 6.45) is 0.186. The van der Waals surface area contributed by atoms with Gasteiger partial charge in [0.05, 0.1) is 19.6 Å². The van der Waals surface area contributed by atoms with Gasteiger partial charge in [-0.2, -0.15) is 8.78 Å². The molecule has 6 heteroatoms. The first-order valence-electron chi connectivity index (χ1n) is 7.84. The van der Waals surface area contributed by atoms with Crippen LogP contribution in [0.1, 0.15) is 24.1 Å². The van der Waals surface area contributed by atoms with Crippen molar-refractivity contribution in [2.75, 3.05) is 14.2 Å². The maximum Gasteiger partial charge on any atom is 0.387 e. The molecule has 0 radical (unpaired) electrons. The molecule has 2 rings (SSSR count). The summed E-state index contributed by atoms with van der Waals surface area (Å²) in [5, 5.41) is 0. The SMILES string of the molecule is COc1ccc(C(C)N(C)C(=O)Cc2ccc(OC(F)F)cc2)cc1. The second-order valence-electron chi connectivity index (χ2n) is 5.65. The van der Waals surface area contributed by atoms with Crippen molar-refractivity contribution < 1.29 is 23.0 Å². The van der Waals surface area contributed by atoms with Crippen molar-refractivity contribution in [3.8, 4) is 11.5 Å². The highest BCUT2D eigenvalue weighted by atomic mass is 19.3. The molecule has 1 amide bonds. The van der Waals surface area contributed by atoms with Crippen molar-refractivity contribution in [3.63, 3.8) is 0 Å². The van der Waals surface area contributed by atoms with Crippen molar-refractivity contribution in [1.29, 1.82) is 0 Å². The van der Waals surface area contributed by atoms with Gasteiger partial charge in [0.25, 0.3) is 0 Å². The number of carbonyl (C=O) groups is 1. The second-order valence-corrected chi connectivity index (χ2v) is 5.65.